The van der Waals surface area contributed by atoms with Gasteiger partial charge in [-0.25, -0.2) is 0 Å². The molecule has 0 saturated carbocycles. The molecule has 0 heterocycles. The summed E-state index contributed by atoms with van der Waals surface area (Å²) < 4.78 is 0. The van der Waals surface area contributed by atoms with Gasteiger partial charge in [-0.05, 0) is 43.9 Å². The van der Waals surface area contributed by atoms with Crippen LogP contribution in [-0.2, 0) is 6.42 Å². The summed E-state index contributed by atoms with van der Waals surface area (Å²) in [4.78, 5) is 0. The van der Waals surface area contributed by atoms with E-state index < -0.39 is 0 Å². The molecule has 1 aromatic rings. The summed E-state index contributed by atoms with van der Waals surface area (Å²) in [6.07, 6.45) is 7.16. The minimum Gasteiger partial charge on any atom is -0.399 e. The number of nitrogen functional groups attached to an aromatic ring is 1. The van der Waals surface area contributed by atoms with E-state index in [2.05, 4.69) is 73.8 Å². The van der Waals surface area contributed by atoms with Crippen molar-refractivity contribution in [1.29, 1.82) is 0 Å². The van der Waals surface area contributed by atoms with Crippen LogP contribution in [-0.4, -0.2) is 0 Å². The number of hydrogen-bond donors (Lipinski definition) is 1. The third-order valence-corrected chi connectivity index (χ3v) is 3.00. The lowest BCUT2D eigenvalue weighted by Crippen LogP contribution is -1.94. The molecule has 0 aliphatic heterocycles. The zero-order valence-electron chi connectivity index (χ0n) is 21.5. The first-order valence-electron chi connectivity index (χ1n) is 11.5. The lowest BCUT2D eigenvalue weighted by molar-refractivity contribution is 0.831. The normalized spacial score (nSPS) is 8.96. The van der Waals surface area contributed by atoms with Gasteiger partial charge in [0.2, 0.25) is 0 Å². The van der Waals surface area contributed by atoms with E-state index >= 15 is 0 Å². The van der Waals surface area contributed by atoms with Crippen LogP contribution in [0.2, 0.25) is 0 Å². The van der Waals surface area contributed by atoms with Crippen molar-refractivity contribution in [3.05, 3.63) is 54.1 Å². The van der Waals surface area contributed by atoms with Crippen LogP contribution >= 0.6 is 0 Å². The molecule has 0 unspecified atom stereocenters. The number of rotatable bonds is 5. The Kier molecular flexibility index (Phi) is 48.5. The fraction of sp³-hybridized carbons (Fsp3) is 0.630. The van der Waals surface area contributed by atoms with E-state index in [9.17, 15) is 0 Å². The highest BCUT2D eigenvalue weighted by Gasteiger charge is 2.01. The van der Waals surface area contributed by atoms with Gasteiger partial charge in [0.05, 0.1) is 0 Å². The molecule has 0 spiro atoms. The molecule has 0 saturated heterocycles. The van der Waals surface area contributed by atoms with Crippen LogP contribution in [0.4, 0.5) is 5.69 Å². The van der Waals surface area contributed by atoms with Crippen LogP contribution in [0.5, 0.6) is 0 Å². The van der Waals surface area contributed by atoms with Gasteiger partial charge in [-0.3, -0.25) is 0 Å². The summed E-state index contributed by atoms with van der Waals surface area (Å²) in [5, 5.41) is 0. The minimum absolute atomic E-state index is 0.860. The van der Waals surface area contributed by atoms with Gasteiger partial charge >= 0.3 is 0 Å². The monoisotopic (exact) mass is 393 g/mol. The zero-order valence-corrected chi connectivity index (χ0v) is 21.5. The quantitative estimate of drug-likeness (QED) is 0.390. The first-order chi connectivity index (χ1) is 13.5. The van der Waals surface area contributed by atoms with E-state index in [-0.39, 0.29) is 0 Å². The molecular weight excluding hydrogens is 338 g/mol. The van der Waals surface area contributed by atoms with Gasteiger partial charge in [0, 0.05) is 5.69 Å². The first-order valence-corrected chi connectivity index (χ1v) is 11.5. The van der Waals surface area contributed by atoms with E-state index in [0.717, 1.165) is 12.1 Å². The Morgan fingerprint density at radius 3 is 1.61 bits per heavy atom. The van der Waals surface area contributed by atoms with Crippen molar-refractivity contribution >= 4 is 5.69 Å². The maximum atomic E-state index is 5.79. The minimum atomic E-state index is 0.860. The van der Waals surface area contributed by atoms with Crippen molar-refractivity contribution in [3.63, 3.8) is 0 Å². The van der Waals surface area contributed by atoms with Crippen molar-refractivity contribution < 1.29 is 0 Å². The number of anilines is 1. The summed E-state index contributed by atoms with van der Waals surface area (Å²) >= 11 is 0. The van der Waals surface area contributed by atoms with Crippen LogP contribution in [0.3, 0.4) is 0 Å². The molecule has 28 heavy (non-hydrogen) atoms. The van der Waals surface area contributed by atoms with Gasteiger partial charge in [-0.1, -0.05) is 112 Å². The average molecular weight is 394 g/mol. The zero-order chi connectivity index (χ0) is 23.4. The Bertz CT molecular complexity index is 402. The third kappa shape index (κ3) is 29.3. The van der Waals surface area contributed by atoms with Crippen LogP contribution < -0.4 is 5.73 Å². The topological polar surface area (TPSA) is 26.0 Å². The molecule has 2 N–H and O–H groups in total. The third-order valence-electron chi connectivity index (χ3n) is 3.00. The Morgan fingerprint density at radius 2 is 1.29 bits per heavy atom. The molecule has 0 aliphatic carbocycles. The van der Waals surface area contributed by atoms with E-state index in [1.807, 2.05) is 39.8 Å². The Labute approximate surface area is 180 Å². The van der Waals surface area contributed by atoms with Gasteiger partial charge in [0.15, 0.2) is 0 Å². The molecule has 0 aliphatic rings. The number of hydrogen-bond acceptors (Lipinski definition) is 1. The van der Waals surface area contributed by atoms with Gasteiger partial charge in [-0.15, -0.1) is 13.2 Å². The Balaban J connectivity index is -0.000000123. The highest BCUT2D eigenvalue weighted by Crippen LogP contribution is 2.19. The van der Waals surface area contributed by atoms with Crippen molar-refractivity contribution in [3.8, 4) is 0 Å². The lowest BCUT2D eigenvalue weighted by atomic mass is 9.96. The predicted octanol–water partition coefficient (Wildman–Crippen LogP) is 10.0. The van der Waals surface area contributed by atoms with Gasteiger partial charge in [0.1, 0.15) is 0 Å². The van der Waals surface area contributed by atoms with Crippen LogP contribution in [0.25, 0.3) is 0 Å². The molecule has 1 nitrogen and oxygen atoms in total. The fourth-order valence-corrected chi connectivity index (χ4v) is 2.13. The van der Waals surface area contributed by atoms with Gasteiger partial charge in [0.25, 0.3) is 0 Å². The maximum absolute atomic E-state index is 5.79. The SMILES string of the molecule is C=C.CC.CC.CCC.CCC.CCC/C(CC)=C(/C)Cc1cccc(N)c1. The van der Waals surface area contributed by atoms with E-state index in [1.54, 1.807) is 5.57 Å². The van der Waals surface area contributed by atoms with Crippen LogP contribution in [0.15, 0.2) is 48.6 Å². The number of benzene rings is 1. The molecule has 0 amide bonds. The Hall–Kier alpha value is -1.50. The van der Waals surface area contributed by atoms with Gasteiger partial charge < -0.3 is 5.73 Å². The highest BCUT2D eigenvalue weighted by atomic mass is 14.5. The summed E-state index contributed by atoms with van der Waals surface area (Å²) in [6.45, 7) is 29.2. The van der Waals surface area contributed by atoms with Crippen molar-refractivity contribution in [2.24, 2.45) is 0 Å². The predicted molar refractivity (Wildman–Crippen MR) is 138 cm³/mol. The van der Waals surface area contributed by atoms with Crippen LogP contribution in [0, 0.1) is 0 Å². The van der Waals surface area contributed by atoms with Crippen molar-refractivity contribution in [2.75, 3.05) is 5.73 Å². The van der Waals surface area contributed by atoms with Crippen molar-refractivity contribution in [2.45, 2.75) is 115 Å². The maximum Gasteiger partial charge on any atom is 0.0316 e. The molecule has 0 aromatic heterocycles. The number of nitrogens with two attached hydrogens (primary N) is 1. The molecule has 168 valence electrons. The average Bonchev–Trinajstić information content (AvgIpc) is 2.72. The molecule has 0 atom stereocenters. The molecular formula is C27H55N. The lowest BCUT2D eigenvalue weighted by Gasteiger charge is -2.10. The molecule has 1 rings (SSSR count). The summed E-state index contributed by atoms with van der Waals surface area (Å²) in [5.41, 5.74) is 11.1. The van der Waals surface area contributed by atoms with E-state index in [4.69, 9.17) is 5.73 Å². The largest absolute Gasteiger partial charge is 0.399 e. The molecule has 1 aromatic carbocycles. The summed E-state index contributed by atoms with van der Waals surface area (Å²) in [5.74, 6) is 0. The second kappa shape index (κ2) is 36.4. The molecule has 0 bridgehead atoms. The summed E-state index contributed by atoms with van der Waals surface area (Å²) in [7, 11) is 0. The smallest absolute Gasteiger partial charge is 0.0316 e. The van der Waals surface area contributed by atoms with Crippen molar-refractivity contribution in [1.82, 2.24) is 0 Å². The van der Waals surface area contributed by atoms with Gasteiger partial charge in [-0.2, -0.15) is 0 Å². The molecule has 1 heteroatoms. The van der Waals surface area contributed by atoms with Crippen LogP contribution in [0.1, 0.15) is 114 Å². The fourth-order valence-electron chi connectivity index (χ4n) is 2.13. The molecule has 0 fully saturated rings. The second-order valence-corrected chi connectivity index (χ2v) is 5.82. The second-order valence-electron chi connectivity index (χ2n) is 5.82. The van der Waals surface area contributed by atoms with E-state index in [0.29, 0.717) is 0 Å². The molecule has 0 radical (unpaired) electrons. The number of allylic oxidation sites excluding steroid dienone is 2. The standard InChI is InChI=1S/C15H23N.2C3H8.2C2H6.C2H4/c1-4-7-14(5-2)12(3)10-13-8-6-9-15(16)11-13;2*1-3-2;3*1-2/h6,8-9,11H,4-5,7,10,16H2,1-3H3;2*3H2,1-2H3;2*1-2H3;1-2H2/b14-12-;;;;;. The Morgan fingerprint density at radius 1 is 0.857 bits per heavy atom. The summed E-state index contributed by atoms with van der Waals surface area (Å²) in [6, 6.07) is 8.19. The highest BCUT2D eigenvalue weighted by molar-refractivity contribution is 5.41. The first kappa shape index (κ1) is 37.3. The van der Waals surface area contributed by atoms with E-state index in [1.165, 1.54) is 43.2 Å².